The van der Waals surface area contributed by atoms with Gasteiger partial charge < -0.3 is 5.32 Å². The van der Waals surface area contributed by atoms with Crippen LogP contribution in [0.25, 0.3) is 0 Å². The molecule has 14 heavy (non-hydrogen) atoms. The molecule has 1 aliphatic heterocycles. The van der Waals surface area contributed by atoms with Crippen molar-refractivity contribution < 1.29 is 0 Å². The number of rotatable bonds is 3. The van der Waals surface area contributed by atoms with E-state index in [-0.39, 0.29) is 0 Å². The van der Waals surface area contributed by atoms with Crippen molar-refractivity contribution in [2.75, 3.05) is 13.1 Å². The Kier molecular flexibility index (Phi) is 2.82. The molecular formula is C10H18N4. The van der Waals surface area contributed by atoms with Crippen molar-refractivity contribution in [2.24, 2.45) is 5.92 Å². The van der Waals surface area contributed by atoms with Crippen LogP contribution in [0.4, 0.5) is 0 Å². The van der Waals surface area contributed by atoms with Crippen molar-refractivity contribution in [2.45, 2.75) is 32.7 Å². The van der Waals surface area contributed by atoms with Gasteiger partial charge in [-0.25, -0.2) is 4.68 Å². The lowest BCUT2D eigenvalue weighted by Gasteiger charge is -2.12. The second kappa shape index (κ2) is 4.09. The second-order valence-corrected chi connectivity index (χ2v) is 4.42. The molecule has 2 heterocycles. The average molecular weight is 194 g/mol. The van der Waals surface area contributed by atoms with Crippen LogP contribution in [0.5, 0.6) is 0 Å². The molecule has 1 unspecified atom stereocenters. The summed E-state index contributed by atoms with van der Waals surface area (Å²) in [5.74, 6) is 1.24. The van der Waals surface area contributed by atoms with Gasteiger partial charge >= 0.3 is 0 Å². The highest BCUT2D eigenvalue weighted by Crippen LogP contribution is 2.21. The Morgan fingerprint density at radius 2 is 2.50 bits per heavy atom. The lowest BCUT2D eigenvalue weighted by atomic mass is 10.1. The maximum atomic E-state index is 4.14. The Labute approximate surface area is 84.7 Å². The molecule has 0 aromatic carbocycles. The van der Waals surface area contributed by atoms with E-state index >= 15 is 0 Å². The lowest BCUT2D eigenvalue weighted by Crippen LogP contribution is -2.14. The highest BCUT2D eigenvalue weighted by atomic mass is 15.4. The number of nitrogens with zero attached hydrogens (tertiary/aromatic N) is 3. The van der Waals surface area contributed by atoms with Crippen molar-refractivity contribution in [1.29, 1.82) is 0 Å². The molecular weight excluding hydrogens is 176 g/mol. The SMILES string of the molecule is CC(C)Cn1nncc1C1CCNC1. The van der Waals surface area contributed by atoms with Gasteiger partial charge in [0.1, 0.15) is 0 Å². The first kappa shape index (κ1) is 9.65. The van der Waals surface area contributed by atoms with Crippen molar-refractivity contribution in [1.82, 2.24) is 20.3 Å². The molecule has 1 N–H and O–H groups in total. The van der Waals surface area contributed by atoms with Crippen LogP contribution in [0.3, 0.4) is 0 Å². The summed E-state index contributed by atoms with van der Waals surface area (Å²) in [7, 11) is 0. The largest absolute Gasteiger partial charge is 0.316 e. The number of aromatic nitrogens is 3. The number of hydrogen-bond acceptors (Lipinski definition) is 3. The first-order valence-electron chi connectivity index (χ1n) is 5.36. The quantitative estimate of drug-likeness (QED) is 0.781. The first-order valence-corrected chi connectivity index (χ1v) is 5.36. The van der Waals surface area contributed by atoms with Crippen LogP contribution in [-0.2, 0) is 6.54 Å². The maximum absolute atomic E-state index is 4.14. The van der Waals surface area contributed by atoms with Gasteiger partial charge in [0.15, 0.2) is 0 Å². The van der Waals surface area contributed by atoms with E-state index < -0.39 is 0 Å². The number of hydrogen-bond donors (Lipinski definition) is 1. The maximum Gasteiger partial charge on any atom is 0.0728 e. The lowest BCUT2D eigenvalue weighted by molar-refractivity contribution is 0.448. The predicted octanol–water partition coefficient (Wildman–Crippen LogP) is 1.01. The molecule has 1 aromatic heterocycles. The molecule has 4 heteroatoms. The summed E-state index contributed by atoms with van der Waals surface area (Å²) in [6, 6.07) is 0. The molecule has 1 atom stereocenters. The molecule has 0 amide bonds. The minimum atomic E-state index is 0.615. The molecule has 1 saturated heterocycles. The van der Waals surface area contributed by atoms with Gasteiger partial charge in [-0.05, 0) is 18.9 Å². The van der Waals surface area contributed by atoms with Crippen LogP contribution in [0.2, 0.25) is 0 Å². The molecule has 2 rings (SSSR count). The molecule has 0 bridgehead atoms. The van der Waals surface area contributed by atoms with Gasteiger partial charge in [-0.15, -0.1) is 5.10 Å². The summed E-state index contributed by atoms with van der Waals surface area (Å²) < 4.78 is 2.06. The van der Waals surface area contributed by atoms with E-state index in [1.54, 1.807) is 0 Å². The topological polar surface area (TPSA) is 42.7 Å². The Hall–Kier alpha value is -0.900. The zero-order valence-electron chi connectivity index (χ0n) is 8.90. The van der Waals surface area contributed by atoms with E-state index in [1.807, 2.05) is 6.20 Å². The monoisotopic (exact) mass is 194 g/mol. The minimum absolute atomic E-state index is 0.615. The normalized spacial score (nSPS) is 22.1. The third-order valence-corrected chi connectivity index (χ3v) is 2.66. The number of nitrogens with one attached hydrogen (secondary N) is 1. The fourth-order valence-corrected chi connectivity index (χ4v) is 1.98. The van der Waals surface area contributed by atoms with Crippen LogP contribution in [0, 0.1) is 5.92 Å². The molecule has 4 nitrogen and oxygen atoms in total. The van der Waals surface area contributed by atoms with E-state index in [2.05, 4.69) is 34.2 Å². The van der Waals surface area contributed by atoms with Gasteiger partial charge in [0.25, 0.3) is 0 Å². The third-order valence-electron chi connectivity index (χ3n) is 2.66. The van der Waals surface area contributed by atoms with Gasteiger partial charge in [-0.1, -0.05) is 19.1 Å². The molecule has 1 aliphatic rings. The van der Waals surface area contributed by atoms with E-state index in [9.17, 15) is 0 Å². The molecule has 0 aliphatic carbocycles. The molecule has 0 spiro atoms. The predicted molar refractivity (Wildman–Crippen MR) is 55.1 cm³/mol. The fourth-order valence-electron chi connectivity index (χ4n) is 1.98. The smallest absolute Gasteiger partial charge is 0.0728 e. The summed E-state index contributed by atoms with van der Waals surface area (Å²) in [6.07, 6.45) is 3.13. The Balaban J connectivity index is 2.12. The fraction of sp³-hybridized carbons (Fsp3) is 0.800. The summed E-state index contributed by atoms with van der Waals surface area (Å²) in [5.41, 5.74) is 1.30. The summed E-state index contributed by atoms with van der Waals surface area (Å²) in [5, 5.41) is 11.5. The third kappa shape index (κ3) is 1.95. The molecule has 1 fully saturated rings. The summed E-state index contributed by atoms with van der Waals surface area (Å²) in [4.78, 5) is 0. The van der Waals surface area contributed by atoms with Gasteiger partial charge in [0.05, 0.1) is 11.9 Å². The molecule has 78 valence electrons. The van der Waals surface area contributed by atoms with Crippen LogP contribution in [-0.4, -0.2) is 28.1 Å². The van der Waals surface area contributed by atoms with E-state index in [0.717, 1.165) is 19.6 Å². The molecule has 1 aromatic rings. The van der Waals surface area contributed by atoms with Crippen molar-refractivity contribution >= 4 is 0 Å². The Morgan fingerprint density at radius 1 is 1.64 bits per heavy atom. The van der Waals surface area contributed by atoms with Crippen molar-refractivity contribution in [3.8, 4) is 0 Å². The van der Waals surface area contributed by atoms with Gasteiger partial charge in [0, 0.05) is 19.0 Å². The summed E-state index contributed by atoms with van der Waals surface area (Å²) >= 11 is 0. The minimum Gasteiger partial charge on any atom is -0.316 e. The van der Waals surface area contributed by atoms with Crippen LogP contribution in [0.1, 0.15) is 31.9 Å². The first-order chi connectivity index (χ1) is 6.77. The van der Waals surface area contributed by atoms with Crippen LogP contribution < -0.4 is 5.32 Å². The summed E-state index contributed by atoms with van der Waals surface area (Å²) in [6.45, 7) is 7.59. The zero-order chi connectivity index (χ0) is 9.97. The van der Waals surface area contributed by atoms with Crippen LogP contribution in [0.15, 0.2) is 6.20 Å². The van der Waals surface area contributed by atoms with Crippen molar-refractivity contribution in [3.05, 3.63) is 11.9 Å². The average Bonchev–Trinajstić information content (AvgIpc) is 2.70. The second-order valence-electron chi connectivity index (χ2n) is 4.42. The highest BCUT2D eigenvalue weighted by Gasteiger charge is 2.20. The Morgan fingerprint density at radius 3 is 3.14 bits per heavy atom. The van der Waals surface area contributed by atoms with Crippen LogP contribution >= 0.6 is 0 Å². The van der Waals surface area contributed by atoms with Gasteiger partial charge in [-0.2, -0.15) is 0 Å². The van der Waals surface area contributed by atoms with E-state index in [0.29, 0.717) is 11.8 Å². The molecule has 0 radical (unpaired) electrons. The van der Waals surface area contributed by atoms with Gasteiger partial charge in [0.2, 0.25) is 0 Å². The standard InChI is InChI=1S/C10H18N4/c1-8(2)7-14-10(6-12-13-14)9-3-4-11-5-9/h6,8-9,11H,3-5,7H2,1-2H3. The Bertz CT molecular complexity index is 286. The molecule has 0 saturated carbocycles. The van der Waals surface area contributed by atoms with E-state index in [4.69, 9.17) is 0 Å². The zero-order valence-corrected chi connectivity index (χ0v) is 8.90. The van der Waals surface area contributed by atoms with E-state index in [1.165, 1.54) is 12.1 Å². The van der Waals surface area contributed by atoms with Crippen molar-refractivity contribution in [3.63, 3.8) is 0 Å². The van der Waals surface area contributed by atoms with Gasteiger partial charge in [-0.3, -0.25) is 0 Å². The highest BCUT2D eigenvalue weighted by molar-refractivity contribution is 5.06.